The minimum Gasteiger partial charge on any atom is -0.366 e. The van der Waals surface area contributed by atoms with E-state index in [1.165, 1.54) is 18.2 Å². The number of hydrogen-bond donors (Lipinski definition) is 1. The molecule has 0 saturated carbocycles. The van der Waals surface area contributed by atoms with Crippen LogP contribution < -0.4 is 5.73 Å². The van der Waals surface area contributed by atoms with Crippen LogP contribution in [-0.2, 0) is 6.42 Å². The molecule has 1 aromatic rings. The highest BCUT2D eigenvalue weighted by Crippen LogP contribution is 2.23. The number of rotatable bonds is 4. The Balaban J connectivity index is 3.34. The van der Waals surface area contributed by atoms with Gasteiger partial charge >= 0.3 is 0 Å². The van der Waals surface area contributed by atoms with E-state index in [9.17, 15) is 14.9 Å². The topological polar surface area (TPSA) is 86.2 Å². The lowest BCUT2D eigenvalue weighted by molar-refractivity contribution is -0.385. The molecule has 1 aromatic carbocycles. The summed E-state index contributed by atoms with van der Waals surface area (Å²) in [6.45, 7) is 1.89. The van der Waals surface area contributed by atoms with Gasteiger partial charge in [0.2, 0.25) is 5.91 Å². The van der Waals surface area contributed by atoms with E-state index in [-0.39, 0.29) is 11.3 Å². The van der Waals surface area contributed by atoms with Crippen molar-refractivity contribution in [2.24, 2.45) is 5.73 Å². The van der Waals surface area contributed by atoms with Crippen LogP contribution in [-0.4, -0.2) is 10.8 Å². The summed E-state index contributed by atoms with van der Waals surface area (Å²) in [4.78, 5) is 21.3. The fraction of sp³-hybridized carbons (Fsp3) is 0.300. The molecule has 0 spiro atoms. The van der Waals surface area contributed by atoms with Gasteiger partial charge in [-0.3, -0.25) is 14.9 Å². The molecule has 0 atom stereocenters. The van der Waals surface area contributed by atoms with Crippen LogP contribution in [0.25, 0.3) is 0 Å². The number of nitro groups is 1. The molecule has 0 unspecified atom stereocenters. The lowest BCUT2D eigenvalue weighted by Gasteiger charge is -2.05. The number of benzene rings is 1. The molecule has 0 aliphatic heterocycles. The normalized spacial score (nSPS) is 9.93. The largest absolute Gasteiger partial charge is 0.366 e. The van der Waals surface area contributed by atoms with Crippen LogP contribution in [0.3, 0.4) is 0 Å². The van der Waals surface area contributed by atoms with Gasteiger partial charge in [-0.15, -0.1) is 0 Å². The van der Waals surface area contributed by atoms with Gasteiger partial charge in [-0.1, -0.05) is 19.4 Å². The maximum atomic E-state index is 11.1. The van der Waals surface area contributed by atoms with Gasteiger partial charge in [0.1, 0.15) is 0 Å². The third kappa shape index (κ3) is 2.31. The number of primary amides is 1. The zero-order valence-electron chi connectivity index (χ0n) is 8.40. The van der Waals surface area contributed by atoms with Gasteiger partial charge in [-0.25, -0.2) is 0 Å². The van der Waals surface area contributed by atoms with E-state index in [0.29, 0.717) is 12.0 Å². The van der Waals surface area contributed by atoms with E-state index in [1.807, 2.05) is 6.92 Å². The van der Waals surface area contributed by atoms with Crippen molar-refractivity contribution in [3.8, 4) is 0 Å². The Bertz CT molecular complexity index is 369. The third-order valence-corrected chi connectivity index (χ3v) is 2.11. The Morgan fingerprint density at radius 3 is 2.67 bits per heavy atom. The van der Waals surface area contributed by atoms with Crippen molar-refractivity contribution in [3.63, 3.8) is 0 Å². The molecule has 0 saturated heterocycles. The summed E-state index contributed by atoms with van der Waals surface area (Å²) in [6.07, 6.45) is 1.21. The first-order valence-corrected chi connectivity index (χ1v) is 4.64. The summed E-state index contributed by atoms with van der Waals surface area (Å²) in [6, 6.07) is 4.37. The lowest BCUT2D eigenvalue weighted by atomic mass is 10.0. The van der Waals surface area contributed by atoms with E-state index in [2.05, 4.69) is 0 Å². The van der Waals surface area contributed by atoms with Gasteiger partial charge in [-0.2, -0.15) is 0 Å². The Hall–Kier alpha value is -1.91. The zero-order valence-corrected chi connectivity index (χ0v) is 8.40. The Morgan fingerprint density at radius 1 is 1.53 bits per heavy atom. The summed E-state index contributed by atoms with van der Waals surface area (Å²) in [5.74, 6) is -0.623. The average molecular weight is 208 g/mol. The second kappa shape index (κ2) is 4.54. The molecule has 0 aromatic heterocycles. The average Bonchev–Trinajstić information content (AvgIpc) is 2.17. The number of amides is 1. The number of carbonyl (C=O) groups is 1. The van der Waals surface area contributed by atoms with Crippen molar-refractivity contribution in [1.29, 1.82) is 0 Å². The number of nitrogens with two attached hydrogens (primary N) is 1. The van der Waals surface area contributed by atoms with Crippen LogP contribution in [0.5, 0.6) is 0 Å². The highest BCUT2D eigenvalue weighted by atomic mass is 16.6. The van der Waals surface area contributed by atoms with Gasteiger partial charge < -0.3 is 5.73 Å². The first-order chi connectivity index (χ1) is 7.07. The van der Waals surface area contributed by atoms with Crippen molar-refractivity contribution >= 4 is 11.6 Å². The fourth-order valence-corrected chi connectivity index (χ4v) is 1.49. The summed E-state index contributed by atoms with van der Waals surface area (Å²) >= 11 is 0. The summed E-state index contributed by atoms with van der Waals surface area (Å²) < 4.78 is 0. The van der Waals surface area contributed by atoms with Crippen molar-refractivity contribution in [2.75, 3.05) is 0 Å². The summed E-state index contributed by atoms with van der Waals surface area (Å²) in [5.41, 5.74) is 5.79. The predicted molar refractivity (Wildman–Crippen MR) is 55.6 cm³/mol. The standard InChI is InChI=1S/C10H12N2O3/c1-2-4-7-8(10(11)13)5-3-6-9(7)12(14)15/h3,5-6H,2,4H2,1H3,(H2,11,13). The molecule has 0 radical (unpaired) electrons. The molecule has 0 aliphatic rings. The summed E-state index contributed by atoms with van der Waals surface area (Å²) in [5, 5.41) is 10.7. The second-order valence-electron chi connectivity index (χ2n) is 3.17. The molecule has 15 heavy (non-hydrogen) atoms. The number of nitro benzene ring substituents is 1. The number of hydrogen-bond acceptors (Lipinski definition) is 3. The SMILES string of the molecule is CCCc1c(C(N)=O)cccc1[N+](=O)[O-]. The molecular weight excluding hydrogens is 196 g/mol. The van der Waals surface area contributed by atoms with Crippen LogP contribution >= 0.6 is 0 Å². The van der Waals surface area contributed by atoms with Crippen LogP contribution in [0, 0.1) is 10.1 Å². The Kier molecular flexibility index (Phi) is 3.38. The molecule has 5 heteroatoms. The molecule has 0 fully saturated rings. The maximum Gasteiger partial charge on any atom is 0.273 e. The molecule has 2 N–H and O–H groups in total. The van der Waals surface area contributed by atoms with Gasteiger partial charge in [0, 0.05) is 17.2 Å². The minimum absolute atomic E-state index is 0.0341. The minimum atomic E-state index is -0.623. The third-order valence-electron chi connectivity index (χ3n) is 2.11. The molecule has 1 amide bonds. The van der Waals surface area contributed by atoms with Crippen molar-refractivity contribution in [1.82, 2.24) is 0 Å². The smallest absolute Gasteiger partial charge is 0.273 e. The van der Waals surface area contributed by atoms with E-state index in [0.717, 1.165) is 6.42 Å². The Labute approximate surface area is 87.0 Å². The van der Waals surface area contributed by atoms with E-state index in [4.69, 9.17) is 5.73 Å². The lowest BCUT2D eigenvalue weighted by Crippen LogP contribution is -2.14. The second-order valence-corrected chi connectivity index (χ2v) is 3.17. The van der Waals surface area contributed by atoms with Crippen LogP contribution in [0.1, 0.15) is 29.3 Å². The fourth-order valence-electron chi connectivity index (χ4n) is 1.49. The zero-order chi connectivity index (χ0) is 11.4. The monoisotopic (exact) mass is 208 g/mol. The Morgan fingerprint density at radius 2 is 2.20 bits per heavy atom. The van der Waals surface area contributed by atoms with Crippen molar-refractivity contribution < 1.29 is 9.72 Å². The molecule has 0 aliphatic carbocycles. The molecule has 5 nitrogen and oxygen atoms in total. The maximum absolute atomic E-state index is 11.1. The van der Waals surface area contributed by atoms with E-state index < -0.39 is 10.8 Å². The van der Waals surface area contributed by atoms with E-state index >= 15 is 0 Å². The molecule has 1 rings (SSSR count). The first-order valence-electron chi connectivity index (χ1n) is 4.64. The van der Waals surface area contributed by atoms with E-state index in [1.54, 1.807) is 0 Å². The summed E-state index contributed by atoms with van der Waals surface area (Å²) in [7, 11) is 0. The van der Waals surface area contributed by atoms with Crippen LogP contribution in [0.2, 0.25) is 0 Å². The number of nitrogens with zero attached hydrogens (tertiary/aromatic N) is 1. The molecule has 80 valence electrons. The highest BCUT2D eigenvalue weighted by Gasteiger charge is 2.18. The van der Waals surface area contributed by atoms with Gasteiger partial charge in [-0.05, 0) is 12.5 Å². The molecule has 0 heterocycles. The predicted octanol–water partition coefficient (Wildman–Crippen LogP) is 1.65. The van der Waals surface area contributed by atoms with Crippen LogP contribution in [0.4, 0.5) is 5.69 Å². The van der Waals surface area contributed by atoms with Crippen molar-refractivity contribution in [2.45, 2.75) is 19.8 Å². The van der Waals surface area contributed by atoms with Gasteiger partial charge in [0.15, 0.2) is 0 Å². The van der Waals surface area contributed by atoms with Crippen LogP contribution in [0.15, 0.2) is 18.2 Å². The molecule has 0 bridgehead atoms. The quantitative estimate of drug-likeness (QED) is 0.602. The van der Waals surface area contributed by atoms with Gasteiger partial charge in [0.05, 0.1) is 4.92 Å². The highest BCUT2D eigenvalue weighted by molar-refractivity contribution is 5.95. The molecular formula is C10H12N2O3. The first kappa shape index (κ1) is 11.2. The number of carbonyl (C=O) groups excluding carboxylic acids is 1. The van der Waals surface area contributed by atoms with Crippen molar-refractivity contribution in [3.05, 3.63) is 39.4 Å². The van der Waals surface area contributed by atoms with Gasteiger partial charge in [0.25, 0.3) is 5.69 Å².